The van der Waals surface area contributed by atoms with E-state index in [-0.39, 0.29) is 0 Å². The third kappa shape index (κ3) is 3.71. The zero-order valence-corrected chi connectivity index (χ0v) is 12.5. The van der Waals surface area contributed by atoms with Crippen molar-refractivity contribution >= 4 is 5.97 Å². The minimum atomic E-state index is -0.554. The van der Waals surface area contributed by atoms with Crippen LogP contribution in [0.3, 0.4) is 0 Å². The first kappa shape index (κ1) is 14.8. The molecule has 0 aromatic carbocycles. The fourth-order valence-corrected chi connectivity index (χ4v) is 3.65. The summed E-state index contributed by atoms with van der Waals surface area (Å²) in [6.07, 6.45) is 8.97. The number of hydrogen-bond donors (Lipinski definition) is 1. The first-order chi connectivity index (χ1) is 9.07. The van der Waals surface area contributed by atoms with E-state index >= 15 is 0 Å². The van der Waals surface area contributed by atoms with Gasteiger partial charge in [0.15, 0.2) is 0 Å². The first-order valence-electron chi connectivity index (χ1n) is 8.05. The summed E-state index contributed by atoms with van der Waals surface area (Å²) < 4.78 is 0. The van der Waals surface area contributed by atoms with E-state index in [0.717, 1.165) is 32.4 Å². The molecule has 2 atom stereocenters. The molecule has 2 fully saturated rings. The molecule has 0 saturated heterocycles. The predicted molar refractivity (Wildman–Crippen MR) is 77.2 cm³/mol. The largest absolute Gasteiger partial charge is 0.481 e. The van der Waals surface area contributed by atoms with Crippen LogP contribution in [0, 0.1) is 11.3 Å². The summed E-state index contributed by atoms with van der Waals surface area (Å²) in [6.45, 7) is 6.30. The Labute approximate surface area is 117 Å². The van der Waals surface area contributed by atoms with Gasteiger partial charge < -0.3 is 5.11 Å². The molecule has 2 saturated carbocycles. The van der Waals surface area contributed by atoms with E-state index in [2.05, 4.69) is 18.7 Å². The second kappa shape index (κ2) is 6.25. The second-order valence-corrected chi connectivity index (χ2v) is 6.84. The Bertz CT molecular complexity index is 314. The van der Waals surface area contributed by atoms with Crippen molar-refractivity contribution in [2.24, 2.45) is 11.3 Å². The highest BCUT2D eigenvalue weighted by Gasteiger charge is 2.45. The standard InChI is InChI=1S/C16H29NO2/c1-3-4-10-17(14-7-8-14)12-16(15(18)19)9-5-6-13(2)11-16/h13-14H,3-12H2,1-2H3,(H,18,19). The Hall–Kier alpha value is -0.570. The van der Waals surface area contributed by atoms with E-state index in [0.29, 0.717) is 12.0 Å². The molecule has 110 valence electrons. The third-order valence-electron chi connectivity index (χ3n) is 4.91. The molecule has 1 N–H and O–H groups in total. The van der Waals surface area contributed by atoms with Gasteiger partial charge >= 0.3 is 5.97 Å². The summed E-state index contributed by atoms with van der Waals surface area (Å²) >= 11 is 0. The third-order valence-corrected chi connectivity index (χ3v) is 4.91. The number of carboxylic acids is 1. The first-order valence-corrected chi connectivity index (χ1v) is 8.05. The van der Waals surface area contributed by atoms with Crippen LogP contribution in [0.25, 0.3) is 0 Å². The molecule has 0 aromatic rings. The SMILES string of the molecule is CCCCN(CC1(C(=O)O)CCCC(C)C1)C1CC1. The lowest BCUT2D eigenvalue weighted by Gasteiger charge is -2.40. The lowest BCUT2D eigenvalue weighted by molar-refractivity contribution is -0.153. The van der Waals surface area contributed by atoms with Crippen LogP contribution in [-0.2, 0) is 4.79 Å². The molecule has 2 aliphatic carbocycles. The number of hydrogen-bond acceptors (Lipinski definition) is 2. The molecule has 0 amide bonds. The van der Waals surface area contributed by atoms with Crippen molar-refractivity contribution in [2.75, 3.05) is 13.1 Å². The zero-order valence-electron chi connectivity index (χ0n) is 12.5. The average molecular weight is 267 g/mol. The number of unbranched alkanes of at least 4 members (excludes halogenated alkanes) is 1. The smallest absolute Gasteiger partial charge is 0.310 e. The summed E-state index contributed by atoms with van der Waals surface area (Å²) in [6, 6.07) is 0.681. The molecule has 3 heteroatoms. The van der Waals surface area contributed by atoms with E-state index < -0.39 is 11.4 Å². The minimum Gasteiger partial charge on any atom is -0.481 e. The Morgan fingerprint density at radius 3 is 2.63 bits per heavy atom. The highest BCUT2D eigenvalue weighted by molar-refractivity contribution is 5.75. The van der Waals surface area contributed by atoms with Crippen molar-refractivity contribution < 1.29 is 9.90 Å². The number of aliphatic carboxylic acids is 1. The highest BCUT2D eigenvalue weighted by Crippen LogP contribution is 2.42. The van der Waals surface area contributed by atoms with Gasteiger partial charge in [0.2, 0.25) is 0 Å². The molecular formula is C16H29NO2. The predicted octanol–water partition coefficient (Wildman–Crippen LogP) is 3.53. The van der Waals surface area contributed by atoms with Crippen LogP contribution in [0.1, 0.15) is 65.2 Å². The van der Waals surface area contributed by atoms with Crippen molar-refractivity contribution in [1.82, 2.24) is 4.90 Å². The maximum Gasteiger partial charge on any atom is 0.310 e. The normalized spacial score (nSPS) is 31.6. The van der Waals surface area contributed by atoms with Crippen LogP contribution >= 0.6 is 0 Å². The van der Waals surface area contributed by atoms with Crippen LogP contribution in [-0.4, -0.2) is 35.1 Å². The van der Waals surface area contributed by atoms with Crippen LogP contribution in [0.2, 0.25) is 0 Å². The molecular weight excluding hydrogens is 238 g/mol. The topological polar surface area (TPSA) is 40.5 Å². The van der Waals surface area contributed by atoms with Crippen molar-refractivity contribution in [1.29, 1.82) is 0 Å². The quantitative estimate of drug-likeness (QED) is 0.767. The summed E-state index contributed by atoms with van der Waals surface area (Å²) in [5.41, 5.74) is -0.464. The summed E-state index contributed by atoms with van der Waals surface area (Å²) in [7, 11) is 0. The van der Waals surface area contributed by atoms with Crippen molar-refractivity contribution in [3.05, 3.63) is 0 Å². The van der Waals surface area contributed by atoms with E-state index in [4.69, 9.17) is 0 Å². The van der Waals surface area contributed by atoms with Crippen LogP contribution in [0.5, 0.6) is 0 Å². The van der Waals surface area contributed by atoms with Gasteiger partial charge in [-0.3, -0.25) is 9.69 Å². The van der Waals surface area contributed by atoms with Gasteiger partial charge in [-0.15, -0.1) is 0 Å². The summed E-state index contributed by atoms with van der Waals surface area (Å²) in [4.78, 5) is 14.3. The summed E-state index contributed by atoms with van der Waals surface area (Å²) in [5.74, 6) is 0.0123. The van der Waals surface area contributed by atoms with Gasteiger partial charge in [0.05, 0.1) is 5.41 Å². The molecule has 0 aromatic heterocycles. The van der Waals surface area contributed by atoms with Crippen molar-refractivity contribution in [3.63, 3.8) is 0 Å². The Kier molecular flexibility index (Phi) is 4.88. The van der Waals surface area contributed by atoms with Crippen LogP contribution in [0.15, 0.2) is 0 Å². The molecule has 2 aliphatic rings. The number of rotatable bonds is 7. The van der Waals surface area contributed by atoms with E-state index in [9.17, 15) is 9.90 Å². The van der Waals surface area contributed by atoms with Gasteiger partial charge in [-0.2, -0.15) is 0 Å². The molecule has 0 bridgehead atoms. The van der Waals surface area contributed by atoms with E-state index in [1.54, 1.807) is 0 Å². The highest BCUT2D eigenvalue weighted by atomic mass is 16.4. The lowest BCUT2D eigenvalue weighted by atomic mass is 9.69. The Balaban J connectivity index is 2.03. The number of carbonyl (C=O) groups is 1. The van der Waals surface area contributed by atoms with Gasteiger partial charge in [-0.05, 0) is 44.6 Å². The fraction of sp³-hybridized carbons (Fsp3) is 0.938. The van der Waals surface area contributed by atoms with Crippen LogP contribution in [0.4, 0.5) is 0 Å². The van der Waals surface area contributed by atoms with Gasteiger partial charge in [0.1, 0.15) is 0 Å². The molecule has 0 aliphatic heterocycles. The van der Waals surface area contributed by atoms with Gasteiger partial charge in [0, 0.05) is 12.6 Å². The molecule has 0 spiro atoms. The molecule has 3 nitrogen and oxygen atoms in total. The second-order valence-electron chi connectivity index (χ2n) is 6.84. The van der Waals surface area contributed by atoms with E-state index in [1.165, 1.54) is 32.1 Å². The Morgan fingerprint density at radius 1 is 1.37 bits per heavy atom. The molecule has 2 rings (SSSR count). The summed E-state index contributed by atoms with van der Waals surface area (Å²) in [5, 5.41) is 9.76. The number of carboxylic acid groups (broad SMARTS) is 1. The monoisotopic (exact) mass is 267 g/mol. The molecule has 2 unspecified atom stereocenters. The Morgan fingerprint density at radius 2 is 2.11 bits per heavy atom. The van der Waals surface area contributed by atoms with Gasteiger partial charge in [-0.25, -0.2) is 0 Å². The maximum atomic E-state index is 11.8. The van der Waals surface area contributed by atoms with Gasteiger partial charge in [0.25, 0.3) is 0 Å². The van der Waals surface area contributed by atoms with Crippen molar-refractivity contribution in [3.8, 4) is 0 Å². The number of nitrogens with zero attached hydrogens (tertiary/aromatic N) is 1. The average Bonchev–Trinajstić information content (AvgIpc) is 3.18. The molecule has 19 heavy (non-hydrogen) atoms. The van der Waals surface area contributed by atoms with Crippen molar-refractivity contribution in [2.45, 2.75) is 71.3 Å². The lowest BCUT2D eigenvalue weighted by Crippen LogP contribution is -2.47. The van der Waals surface area contributed by atoms with Gasteiger partial charge in [-0.1, -0.05) is 33.1 Å². The molecule has 0 radical (unpaired) electrons. The fourth-order valence-electron chi connectivity index (χ4n) is 3.65. The minimum absolute atomic E-state index is 0.464. The van der Waals surface area contributed by atoms with Crippen LogP contribution < -0.4 is 0 Å². The van der Waals surface area contributed by atoms with E-state index in [1.807, 2.05) is 0 Å². The maximum absolute atomic E-state index is 11.8. The zero-order chi connectivity index (χ0) is 13.9. The molecule has 0 heterocycles.